The van der Waals surface area contributed by atoms with E-state index in [1.807, 2.05) is 42.5 Å². The molecule has 2 aliphatic heterocycles. The molecule has 3 aromatic carbocycles. The molecule has 2 heterocycles. The number of fused-ring (bicyclic) bond motifs is 1. The average Bonchev–Trinajstić information content (AvgIpc) is 3.57. The van der Waals surface area contributed by atoms with E-state index >= 15 is 0 Å². The molecule has 0 saturated carbocycles. The molecule has 1 unspecified atom stereocenters. The van der Waals surface area contributed by atoms with Crippen LogP contribution in [0.25, 0.3) is 0 Å². The summed E-state index contributed by atoms with van der Waals surface area (Å²) in [6, 6.07) is 20.1. The number of benzene rings is 3. The van der Waals surface area contributed by atoms with E-state index in [4.69, 9.17) is 14.2 Å². The van der Waals surface area contributed by atoms with Crippen molar-refractivity contribution in [2.24, 2.45) is 5.92 Å². The number of carbonyl (C=O) groups excluding carboxylic acids is 3. The summed E-state index contributed by atoms with van der Waals surface area (Å²) in [6.07, 6.45) is 1.08. The highest BCUT2D eigenvalue weighted by molar-refractivity contribution is 6.00. The van der Waals surface area contributed by atoms with Crippen LogP contribution in [0.2, 0.25) is 0 Å². The van der Waals surface area contributed by atoms with Crippen molar-refractivity contribution in [3.63, 3.8) is 0 Å². The van der Waals surface area contributed by atoms with Crippen molar-refractivity contribution in [2.45, 2.75) is 26.3 Å². The van der Waals surface area contributed by atoms with Crippen molar-refractivity contribution in [2.75, 3.05) is 30.2 Å². The average molecular weight is 516 g/mol. The fraction of sp³-hybridized carbons (Fsp3) is 0.276. The fourth-order valence-corrected chi connectivity index (χ4v) is 4.41. The zero-order valence-corrected chi connectivity index (χ0v) is 21.1. The number of aryl methyl sites for hydroxylation is 1. The first kappa shape index (κ1) is 25.1. The topological polar surface area (TPSA) is 106 Å². The zero-order valence-electron chi connectivity index (χ0n) is 21.1. The molecule has 1 atom stereocenters. The largest absolute Gasteiger partial charge is 0.484 e. The first-order valence-electron chi connectivity index (χ1n) is 12.6. The molecule has 0 aromatic heterocycles. The van der Waals surface area contributed by atoms with Gasteiger partial charge in [-0.25, -0.2) is 0 Å². The Hall–Kier alpha value is -4.53. The first-order valence-corrected chi connectivity index (χ1v) is 12.6. The van der Waals surface area contributed by atoms with Crippen molar-refractivity contribution < 1.29 is 28.6 Å². The molecule has 3 aromatic rings. The van der Waals surface area contributed by atoms with Crippen molar-refractivity contribution in [1.82, 2.24) is 5.32 Å². The molecule has 5 rings (SSSR count). The predicted octanol–water partition coefficient (Wildman–Crippen LogP) is 3.66. The normalized spacial score (nSPS) is 15.9. The number of nitrogens with zero attached hydrogens (tertiary/aromatic N) is 1. The SMILES string of the molecule is CCc1ccc(NC(=O)COc2ccc(N3CC(C(=O)NCc4ccc5c(c4)OCO5)CC3=O)cc2)cc1. The van der Waals surface area contributed by atoms with Crippen LogP contribution in [0.5, 0.6) is 17.2 Å². The summed E-state index contributed by atoms with van der Waals surface area (Å²) in [4.78, 5) is 39.2. The van der Waals surface area contributed by atoms with Crippen LogP contribution in [-0.4, -0.2) is 37.7 Å². The molecule has 0 aliphatic carbocycles. The van der Waals surface area contributed by atoms with E-state index in [0.29, 0.717) is 41.7 Å². The number of amides is 3. The minimum absolute atomic E-state index is 0.115. The van der Waals surface area contributed by atoms with Crippen LogP contribution < -0.4 is 29.7 Å². The minimum atomic E-state index is -0.442. The van der Waals surface area contributed by atoms with Crippen LogP contribution in [0.1, 0.15) is 24.5 Å². The second-order valence-corrected chi connectivity index (χ2v) is 9.19. The predicted molar refractivity (Wildman–Crippen MR) is 141 cm³/mol. The molecule has 9 heteroatoms. The summed E-state index contributed by atoms with van der Waals surface area (Å²) in [6.45, 7) is 2.77. The van der Waals surface area contributed by atoms with Crippen LogP contribution in [0.4, 0.5) is 11.4 Å². The Morgan fingerprint density at radius 1 is 0.974 bits per heavy atom. The molecule has 1 fully saturated rings. The number of ether oxygens (including phenoxy) is 3. The smallest absolute Gasteiger partial charge is 0.262 e. The highest BCUT2D eigenvalue weighted by Crippen LogP contribution is 2.32. The number of hydrogen-bond acceptors (Lipinski definition) is 6. The molecule has 0 radical (unpaired) electrons. The van der Waals surface area contributed by atoms with E-state index in [2.05, 4.69) is 17.6 Å². The van der Waals surface area contributed by atoms with Crippen LogP contribution in [0.3, 0.4) is 0 Å². The van der Waals surface area contributed by atoms with Gasteiger partial charge >= 0.3 is 0 Å². The van der Waals surface area contributed by atoms with Gasteiger partial charge in [0.1, 0.15) is 5.75 Å². The zero-order chi connectivity index (χ0) is 26.5. The van der Waals surface area contributed by atoms with Crippen molar-refractivity contribution in [3.05, 3.63) is 77.9 Å². The molecular weight excluding hydrogens is 486 g/mol. The third-order valence-electron chi connectivity index (χ3n) is 6.56. The second-order valence-electron chi connectivity index (χ2n) is 9.19. The molecule has 0 bridgehead atoms. The van der Waals surface area contributed by atoms with Gasteiger partial charge in [-0.3, -0.25) is 14.4 Å². The molecule has 3 amide bonds. The van der Waals surface area contributed by atoms with E-state index in [0.717, 1.165) is 12.0 Å². The number of hydrogen-bond donors (Lipinski definition) is 2. The molecule has 2 N–H and O–H groups in total. The molecule has 196 valence electrons. The molecule has 9 nitrogen and oxygen atoms in total. The van der Waals surface area contributed by atoms with Crippen molar-refractivity contribution >= 4 is 29.1 Å². The van der Waals surface area contributed by atoms with Gasteiger partial charge in [0.15, 0.2) is 18.1 Å². The maximum atomic E-state index is 12.7. The van der Waals surface area contributed by atoms with Crippen LogP contribution in [0, 0.1) is 5.92 Å². The van der Waals surface area contributed by atoms with Crippen LogP contribution in [0.15, 0.2) is 66.7 Å². The van der Waals surface area contributed by atoms with Gasteiger partial charge in [0, 0.05) is 30.9 Å². The van der Waals surface area contributed by atoms with Gasteiger partial charge in [0.2, 0.25) is 18.6 Å². The maximum Gasteiger partial charge on any atom is 0.262 e. The minimum Gasteiger partial charge on any atom is -0.484 e. The lowest BCUT2D eigenvalue weighted by molar-refractivity contribution is -0.126. The lowest BCUT2D eigenvalue weighted by Crippen LogP contribution is -2.32. The summed E-state index contributed by atoms with van der Waals surface area (Å²) in [5, 5.41) is 5.72. The quantitative estimate of drug-likeness (QED) is 0.451. The molecule has 2 aliphatic rings. The summed E-state index contributed by atoms with van der Waals surface area (Å²) in [5.41, 5.74) is 3.48. The Balaban J connectivity index is 1.09. The molecule has 1 saturated heterocycles. The summed E-state index contributed by atoms with van der Waals surface area (Å²) in [7, 11) is 0. The Morgan fingerprint density at radius 3 is 2.47 bits per heavy atom. The molecule has 38 heavy (non-hydrogen) atoms. The van der Waals surface area contributed by atoms with Crippen LogP contribution >= 0.6 is 0 Å². The van der Waals surface area contributed by atoms with Crippen LogP contribution in [-0.2, 0) is 27.3 Å². The van der Waals surface area contributed by atoms with E-state index in [-0.39, 0.29) is 37.5 Å². The Labute approximate surface area is 220 Å². The lowest BCUT2D eigenvalue weighted by atomic mass is 10.1. The Morgan fingerprint density at radius 2 is 1.71 bits per heavy atom. The second kappa shape index (κ2) is 11.2. The Bertz CT molecular complexity index is 1320. The van der Waals surface area contributed by atoms with Crippen molar-refractivity contribution in [3.8, 4) is 17.2 Å². The highest BCUT2D eigenvalue weighted by atomic mass is 16.7. The standard InChI is InChI=1S/C29H29N3O6/c1-2-19-3-6-22(7-4-19)31-27(33)17-36-24-10-8-23(9-11-24)32-16-21(14-28(32)34)29(35)30-15-20-5-12-25-26(13-20)38-18-37-25/h3-13,21H,2,14-18H2,1H3,(H,30,35)(H,31,33). The summed E-state index contributed by atoms with van der Waals surface area (Å²) >= 11 is 0. The van der Waals surface area contributed by atoms with Gasteiger partial charge in [0.05, 0.1) is 5.92 Å². The van der Waals surface area contributed by atoms with Crippen molar-refractivity contribution in [1.29, 1.82) is 0 Å². The molecular formula is C29H29N3O6. The van der Waals surface area contributed by atoms with Gasteiger partial charge in [0.25, 0.3) is 5.91 Å². The van der Waals surface area contributed by atoms with E-state index in [1.165, 1.54) is 5.56 Å². The van der Waals surface area contributed by atoms with Gasteiger partial charge in [-0.05, 0) is 66.1 Å². The van der Waals surface area contributed by atoms with E-state index in [1.54, 1.807) is 29.2 Å². The number of nitrogens with one attached hydrogen (secondary N) is 2. The molecule has 0 spiro atoms. The van der Waals surface area contributed by atoms with Gasteiger partial charge < -0.3 is 29.7 Å². The number of carbonyl (C=O) groups is 3. The summed E-state index contributed by atoms with van der Waals surface area (Å²) < 4.78 is 16.3. The van der Waals surface area contributed by atoms with Gasteiger partial charge in [-0.15, -0.1) is 0 Å². The first-order chi connectivity index (χ1) is 18.5. The number of rotatable bonds is 9. The maximum absolute atomic E-state index is 12.7. The summed E-state index contributed by atoms with van der Waals surface area (Å²) in [5.74, 6) is 0.868. The van der Waals surface area contributed by atoms with Gasteiger partial charge in [-0.2, -0.15) is 0 Å². The monoisotopic (exact) mass is 515 g/mol. The van der Waals surface area contributed by atoms with E-state index < -0.39 is 5.92 Å². The van der Waals surface area contributed by atoms with E-state index in [9.17, 15) is 14.4 Å². The Kier molecular flexibility index (Phi) is 7.44. The number of anilines is 2. The third kappa shape index (κ3) is 5.88. The highest BCUT2D eigenvalue weighted by Gasteiger charge is 2.35. The fourth-order valence-electron chi connectivity index (χ4n) is 4.41. The third-order valence-corrected chi connectivity index (χ3v) is 6.56. The van der Waals surface area contributed by atoms with Gasteiger partial charge in [-0.1, -0.05) is 25.1 Å². The lowest BCUT2D eigenvalue weighted by Gasteiger charge is -2.17.